The van der Waals surface area contributed by atoms with Crippen molar-refractivity contribution in [1.29, 1.82) is 0 Å². The highest BCUT2D eigenvalue weighted by atomic mass is 32.2. The zero-order chi connectivity index (χ0) is 20.9. The van der Waals surface area contributed by atoms with Gasteiger partial charge in [0, 0.05) is 38.0 Å². The van der Waals surface area contributed by atoms with Gasteiger partial charge in [-0.2, -0.15) is 0 Å². The average Bonchev–Trinajstić information content (AvgIpc) is 2.74. The van der Waals surface area contributed by atoms with E-state index in [0.29, 0.717) is 52.1 Å². The lowest BCUT2D eigenvalue weighted by Gasteiger charge is -2.43. The van der Waals surface area contributed by atoms with E-state index in [0.717, 1.165) is 10.5 Å². The summed E-state index contributed by atoms with van der Waals surface area (Å²) in [6.45, 7) is 5.07. The Balaban J connectivity index is 1.66. The highest BCUT2D eigenvalue weighted by Gasteiger charge is 2.44. The molecule has 8 heteroatoms. The Morgan fingerprint density at radius 3 is 2.17 bits per heavy atom. The first-order valence-electron chi connectivity index (χ1n) is 10.1. The van der Waals surface area contributed by atoms with E-state index in [1.165, 1.54) is 0 Å². The number of nitrogens with one attached hydrogen (secondary N) is 2. The second-order valence-electron chi connectivity index (χ2n) is 7.70. The highest BCUT2D eigenvalue weighted by Crippen LogP contribution is 2.23. The topological polar surface area (TPSA) is 81.8 Å². The van der Waals surface area contributed by atoms with Crippen molar-refractivity contribution in [2.75, 3.05) is 45.5 Å². The Morgan fingerprint density at radius 1 is 1.03 bits per heavy atom. The third kappa shape index (κ3) is 5.30. The molecule has 2 aliphatic heterocycles. The number of benzene rings is 1. The maximum Gasteiger partial charge on any atom is 0.248 e. The van der Waals surface area contributed by atoms with Crippen LogP contribution in [0.15, 0.2) is 29.2 Å². The summed E-state index contributed by atoms with van der Waals surface area (Å²) in [5.41, 5.74) is 0.0758. The lowest BCUT2D eigenvalue weighted by Crippen LogP contribution is -2.65. The van der Waals surface area contributed by atoms with E-state index >= 15 is 0 Å². The summed E-state index contributed by atoms with van der Waals surface area (Å²) in [6.07, 6.45) is 3.44. The molecule has 0 bridgehead atoms. The number of carbonyl (C=O) groups excluding carboxylic acids is 3. The van der Waals surface area contributed by atoms with Gasteiger partial charge in [-0.05, 0) is 49.9 Å². The third-order valence-electron chi connectivity index (χ3n) is 5.78. The lowest BCUT2D eigenvalue weighted by molar-refractivity contribution is -0.146. The van der Waals surface area contributed by atoms with Gasteiger partial charge in [0.2, 0.25) is 17.7 Å². The first kappa shape index (κ1) is 21.6. The van der Waals surface area contributed by atoms with Crippen molar-refractivity contribution in [3.8, 4) is 0 Å². The Morgan fingerprint density at radius 2 is 1.62 bits per heavy atom. The van der Waals surface area contributed by atoms with Crippen LogP contribution in [-0.2, 0) is 20.8 Å². The number of hydrogen-bond acceptors (Lipinski definition) is 5. The monoisotopic (exact) mass is 418 g/mol. The molecular formula is C21H30N4O3S. The van der Waals surface area contributed by atoms with Crippen LogP contribution in [0.1, 0.15) is 25.3 Å². The Kier molecular flexibility index (Phi) is 7.18. The maximum absolute atomic E-state index is 13.4. The molecule has 7 nitrogen and oxygen atoms in total. The molecule has 2 N–H and O–H groups in total. The summed E-state index contributed by atoms with van der Waals surface area (Å²) in [5, 5.41) is 6.36. The van der Waals surface area contributed by atoms with Gasteiger partial charge in [-0.3, -0.25) is 14.4 Å². The van der Waals surface area contributed by atoms with E-state index < -0.39 is 5.54 Å². The summed E-state index contributed by atoms with van der Waals surface area (Å²) < 4.78 is 0. The van der Waals surface area contributed by atoms with Gasteiger partial charge >= 0.3 is 0 Å². The zero-order valence-corrected chi connectivity index (χ0v) is 18.0. The van der Waals surface area contributed by atoms with Gasteiger partial charge in [0.15, 0.2) is 0 Å². The van der Waals surface area contributed by atoms with E-state index in [1.807, 2.05) is 30.5 Å². The maximum atomic E-state index is 13.4. The molecule has 0 aliphatic carbocycles. The minimum Gasteiger partial charge on any atom is -0.341 e. The number of thioether (sulfide) groups is 1. The molecule has 0 unspecified atom stereocenters. The Bertz CT molecular complexity index is 739. The molecule has 0 radical (unpaired) electrons. The van der Waals surface area contributed by atoms with Gasteiger partial charge in [0.05, 0.1) is 6.42 Å². The highest BCUT2D eigenvalue weighted by molar-refractivity contribution is 7.98. The van der Waals surface area contributed by atoms with Gasteiger partial charge < -0.3 is 20.4 Å². The molecule has 2 heterocycles. The van der Waals surface area contributed by atoms with Crippen LogP contribution in [0.4, 0.5) is 0 Å². The molecule has 2 aliphatic rings. The Labute approximate surface area is 176 Å². The van der Waals surface area contributed by atoms with Crippen molar-refractivity contribution < 1.29 is 14.4 Å². The first-order valence-corrected chi connectivity index (χ1v) is 11.4. The lowest BCUT2D eigenvalue weighted by atomic mass is 9.86. The molecule has 29 heavy (non-hydrogen) atoms. The first-order chi connectivity index (χ1) is 13.9. The number of piperidine rings is 1. The molecule has 1 aromatic rings. The van der Waals surface area contributed by atoms with Gasteiger partial charge in [0.25, 0.3) is 0 Å². The van der Waals surface area contributed by atoms with Crippen molar-refractivity contribution >= 4 is 29.5 Å². The molecule has 0 spiro atoms. The molecular weight excluding hydrogens is 388 g/mol. The van der Waals surface area contributed by atoms with Crippen LogP contribution in [0, 0.1) is 0 Å². The number of piperazine rings is 1. The van der Waals surface area contributed by atoms with Crippen LogP contribution in [0.5, 0.6) is 0 Å². The molecule has 3 amide bonds. The number of nitrogens with zero attached hydrogens (tertiary/aromatic N) is 2. The van der Waals surface area contributed by atoms with Gasteiger partial charge in [0.1, 0.15) is 5.54 Å². The summed E-state index contributed by atoms with van der Waals surface area (Å²) >= 11 is 1.66. The summed E-state index contributed by atoms with van der Waals surface area (Å²) in [6, 6.07) is 7.94. The normalized spacial score (nSPS) is 19.0. The molecule has 0 atom stereocenters. The van der Waals surface area contributed by atoms with Gasteiger partial charge in [-0.1, -0.05) is 12.1 Å². The smallest absolute Gasteiger partial charge is 0.248 e. The van der Waals surface area contributed by atoms with E-state index in [-0.39, 0.29) is 24.1 Å². The number of rotatable bonds is 5. The van der Waals surface area contributed by atoms with Crippen LogP contribution >= 0.6 is 11.8 Å². The van der Waals surface area contributed by atoms with Crippen molar-refractivity contribution in [3.63, 3.8) is 0 Å². The standard InChI is InChI=1S/C21H30N4O3S/c1-16(26)24-11-13-25(14-12-24)20(28)21(7-9-22-10-8-21)23-19(27)15-17-3-5-18(29-2)6-4-17/h3-6,22H,7-15H2,1-2H3,(H,23,27). The minimum absolute atomic E-state index is 0.0201. The quantitative estimate of drug-likeness (QED) is 0.694. The van der Waals surface area contributed by atoms with Crippen molar-refractivity contribution in [1.82, 2.24) is 20.4 Å². The largest absolute Gasteiger partial charge is 0.341 e. The van der Waals surface area contributed by atoms with Crippen molar-refractivity contribution in [2.45, 2.75) is 36.6 Å². The van der Waals surface area contributed by atoms with Crippen molar-refractivity contribution in [3.05, 3.63) is 29.8 Å². The molecule has 0 saturated carbocycles. The van der Waals surface area contributed by atoms with Gasteiger partial charge in [-0.15, -0.1) is 11.8 Å². The fourth-order valence-electron chi connectivity index (χ4n) is 4.01. The molecule has 1 aromatic carbocycles. The summed E-state index contributed by atoms with van der Waals surface area (Å²) in [4.78, 5) is 42.5. The van der Waals surface area contributed by atoms with E-state index in [2.05, 4.69) is 10.6 Å². The van der Waals surface area contributed by atoms with Crippen LogP contribution in [0.3, 0.4) is 0 Å². The molecule has 3 rings (SSSR count). The third-order valence-corrected chi connectivity index (χ3v) is 6.52. The number of hydrogen-bond donors (Lipinski definition) is 2. The van der Waals surface area contributed by atoms with E-state index in [1.54, 1.807) is 28.5 Å². The Hall–Kier alpha value is -2.06. The average molecular weight is 419 g/mol. The predicted molar refractivity (Wildman–Crippen MR) is 114 cm³/mol. The fourth-order valence-corrected chi connectivity index (χ4v) is 4.42. The van der Waals surface area contributed by atoms with E-state index in [4.69, 9.17) is 0 Å². The second kappa shape index (κ2) is 9.63. The van der Waals surface area contributed by atoms with Crippen LogP contribution in [0.2, 0.25) is 0 Å². The molecule has 2 saturated heterocycles. The predicted octanol–water partition coefficient (Wildman–Crippen LogP) is 0.880. The van der Waals surface area contributed by atoms with Crippen molar-refractivity contribution in [2.24, 2.45) is 0 Å². The van der Waals surface area contributed by atoms with E-state index in [9.17, 15) is 14.4 Å². The zero-order valence-electron chi connectivity index (χ0n) is 17.2. The fraction of sp³-hybridized carbons (Fsp3) is 0.571. The van der Waals surface area contributed by atoms with Gasteiger partial charge in [-0.25, -0.2) is 0 Å². The SMILES string of the molecule is CSc1ccc(CC(=O)NC2(C(=O)N3CCN(C(C)=O)CC3)CCNCC2)cc1. The summed E-state index contributed by atoms with van der Waals surface area (Å²) in [5.74, 6) is -0.109. The number of amides is 3. The summed E-state index contributed by atoms with van der Waals surface area (Å²) in [7, 11) is 0. The molecule has 2 fully saturated rings. The van der Waals surface area contributed by atoms with Crippen LogP contribution in [0.25, 0.3) is 0 Å². The number of carbonyl (C=O) groups is 3. The minimum atomic E-state index is -0.861. The van der Waals surface area contributed by atoms with Crippen LogP contribution < -0.4 is 10.6 Å². The van der Waals surface area contributed by atoms with Crippen LogP contribution in [-0.4, -0.2) is 78.6 Å². The molecule has 158 valence electrons. The molecule has 0 aromatic heterocycles. The second-order valence-corrected chi connectivity index (χ2v) is 8.58.